The molecule has 9 nitrogen and oxygen atoms in total. The van der Waals surface area contributed by atoms with Crippen LogP contribution in [0.5, 0.6) is 0 Å². The molecule has 4 heterocycles. The lowest BCUT2D eigenvalue weighted by atomic mass is 9.96. The van der Waals surface area contributed by atoms with E-state index < -0.39 is 30.6 Å². The maximum atomic E-state index is 11.8. The highest BCUT2D eigenvalue weighted by atomic mass is 16.6. The molecule has 2 unspecified atom stereocenters. The smallest absolute Gasteiger partial charge is 0.225 e. The van der Waals surface area contributed by atoms with Gasteiger partial charge < -0.3 is 29.9 Å². The molecule has 0 aromatic carbocycles. The number of aromatic nitrogens is 3. The minimum atomic E-state index is -1.60. The SMILES string of the molecule is C[C@@]1(O)C(n2cc3c4c(ncnc42)NC(=O)CC3)OC(CO)[C@H]1O. The van der Waals surface area contributed by atoms with Crippen molar-refractivity contribution in [2.24, 2.45) is 0 Å². The molecule has 0 bridgehead atoms. The normalized spacial score (nSPS) is 32.8. The fourth-order valence-electron chi connectivity index (χ4n) is 3.46. The number of nitrogens with one attached hydrogen (secondary N) is 1. The molecule has 2 aromatic heterocycles. The highest BCUT2D eigenvalue weighted by molar-refractivity contribution is 6.02. The molecule has 24 heavy (non-hydrogen) atoms. The van der Waals surface area contributed by atoms with Crippen molar-refractivity contribution in [2.45, 2.75) is 43.8 Å². The van der Waals surface area contributed by atoms with Crippen LogP contribution in [-0.2, 0) is 16.0 Å². The molecule has 2 aliphatic rings. The highest BCUT2D eigenvalue weighted by Crippen LogP contribution is 2.41. The number of aliphatic hydroxyl groups excluding tert-OH is 2. The maximum absolute atomic E-state index is 11.8. The zero-order chi connectivity index (χ0) is 17.1. The Morgan fingerprint density at radius 2 is 2.25 bits per heavy atom. The van der Waals surface area contributed by atoms with Crippen LogP contribution in [0.1, 0.15) is 25.1 Å². The summed E-state index contributed by atoms with van der Waals surface area (Å²) in [5.41, 5.74) is -0.247. The highest BCUT2D eigenvalue weighted by Gasteiger charge is 2.53. The minimum Gasteiger partial charge on any atom is -0.394 e. The summed E-state index contributed by atoms with van der Waals surface area (Å²) in [6.07, 6.45) is 0.874. The van der Waals surface area contributed by atoms with E-state index in [2.05, 4.69) is 15.3 Å². The summed E-state index contributed by atoms with van der Waals surface area (Å²) >= 11 is 0. The Kier molecular flexibility index (Phi) is 3.36. The molecule has 1 fully saturated rings. The van der Waals surface area contributed by atoms with E-state index in [0.717, 1.165) is 5.56 Å². The van der Waals surface area contributed by atoms with Crippen molar-refractivity contribution in [1.29, 1.82) is 0 Å². The number of nitrogens with zero attached hydrogens (tertiary/aromatic N) is 3. The molecular formula is C15H18N4O5. The average molecular weight is 334 g/mol. The quantitative estimate of drug-likeness (QED) is 0.572. The van der Waals surface area contributed by atoms with Gasteiger partial charge in [-0.2, -0.15) is 0 Å². The molecule has 4 rings (SSSR count). The van der Waals surface area contributed by atoms with Gasteiger partial charge in [0.1, 0.15) is 35.6 Å². The number of aryl methyl sites for hydroxylation is 1. The Morgan fingerprint density at radius 1 is 1.46 bits per heavy atom. The molecule has 2 aliphatic heterocycles. The van der Waals surface area contributed by atoms with Crippen LogP contribution in [0.2, 0.25) is 0 Å². The van der Waals surface area contributed by atoms with Gasteiger partial charge in [-0.05, 0) is 18.9 Å². The largest absolute Gasteiger partial charge is 0.394 e. The number of aliphatic hydroxyl groups is 3. The van der Waals surface area contributed by atoms with Gasteiger partial charge in [-0.1, -0.05) is 0 Å². The zero-order valence-electron chi connectivity index (χ0n) is 13.0. The number of ether oxygens (including phenoxy) is 1. The molecule has 1 saturated heterocycles. The Labute approximate surface area is 136 Å². The standard InChI is InChI=1S/C15H18N4O5/c1-15(23)11(22)8(5-20)24-14(15)19-4-7-2-3-9(21)18-12-10(7)13(19)17-6-16-12/h4,6,8,11,14,20,22-23H,2-3,5H2,1H3,(H,16,17,18,21)/t8?,11-,14?,15+/m1/s1. The molecule has 0 radical (unpaired) electrons. The summed E-state index contributed by atoms with van der Waals surface area (Å²) in [7, 11) is 0. The van der Waals surface area contributed by atoms with E-state index >= 15 is 0 Å². The minimum absolute atomic E-state index is 0.113. The van der Waals surface area contributed by atoms with Gasteiger partial charge in [-0.3, -0.25) is 4.79 Å². The molecule has 0 spiro atoms. The van der Waals surface area contributed by atoms with Crippen LogP contribution in [0, 0.1) is 0 Å². The lowest BCUT2D eigenvalue weighted by Crippen LogP contribution is -2.44. The molecule has 2 aromatic rings. The van der Waals surface area contributed by atoms with Crippen molar-refractivity contribution in [2.75, 3.05) is 11.9 Å². The number of hydrogen-bond acceptors (Lipinski definition) is 7. The first-order chi connectivity index (χ1) is 11.4. The van der Waals surface area contributed by atoms with Gasteiger partial charge in [0.2, 0.25) is 5.91 Å². The van der Waals surface area contributed by atoms with Crippen molar-refractivity contribution in [3.8, 4) is 0 Å². The van der Waals surface area contributed by atoms with E-state index in [9.17, 15) is 20.1 Å². The zero-order valence-corrected chi connectivity index (χ0v) is 13.0. The van der Waals surface area contributed by atoms with Crippen molar-refractivity contribution < 1.29 is 24.9 Å². The molecule has 0 aliphatic carbocycles. The van der Waals surface area contributed by atoms with E-state index in [4.69, 9.17) is 4.74 Å². The van der Waals surface area contributed by atoms with Gasteiger partial charge in [-0.15, -0.1) is 0 Å². The predicted octanol–water partition coefficient (Wildman–Crippen LogP) is -0.682. The van der Waals surface area contributed by atoms with E-state index in [1.165, 1.54) is 13.3 Å². The summed E-state index contributed by atoms with van der Waals surface area (Å²) in [5, 5.41) is 33.7. The third-order valence-electron chi connectivity index (χ3n) is 4.75. The van der Waals surface area contributed by atoms with Crippen molar-refractivity contribution in [3.05, 3.63) is 18.1 Å². The average Bonchev–Trinajstić information content (AvgIpc) is 2.95. The van der Waals surface area contributed by atoms with Gasteiger partial charge in [-0.25, -0.2) is 9.97 Å². The second-order valence-corrected chi connectivity index (χ2v) is 6.41. The van der Waals surface area contributed by atoms with Crippen LogP contribution in [0.4, 0.5) is 5.82 Å². The third-order valence-corrected chi connectivity index (χ3v) is 4.75. The molecule has 128 valence electrons. The molecule has 0 saturated carbocycles. The lowest BCUT2D eigenvalue weighted by Gasteiger charge is -2.27. The predicted molar refractivity (Wildman–Crippen MR) is 82.1 cm³/mol. The number of rotatable bonds is 2. The third kappa shape index (κ3) is 2.06. The summed E-state index contributed by atoms with van der Waals surface area (Å²) in [6.45, 7) is 1.05. The monoisotopic (exact) mass is 334 g/mol. The Hall–Kier alpha value is -2.07. The van der Waals surface area contributed by atoms with Crippen LogP contribution >= 0.6 is 0 Å². The summed E-state index contributed by atoms with van der Waals surface area (Å²) in [5.74, 6) is 0.311. The van der Waals surface area contributed by atoms with E-state index in [1.807, 2.05) is 0 Å². The molecule has 9 heteroatoms. The van der Waals surface area contributed by atoms with Crippen molar-refractivity contribution >= 4 is 22.8 Å². The first-order valence-corrected chi connectivity index (χ1v) is 7.74. The van der Waals surface area contributed by atoms with E-state index in [-0.39, 0.29) is 5.91 Å². The molecule has 4 N–H and O–H groups in total. The van der Waals surface area contributed by atoms with Gasteiger partial charge >= 0.3 is 0 Å². The number of anilines is 1. The van der Waals surface area contributed by atoms with Crippen LogP contribution < -0.4 is 5.32 Å². The number of hydrogen-bond donors (Lipinski definition) is 4. The number of carbonyl (C=O) groups excluding carboxylic acids is 1. The van der Waals surface area contributed by atoms with E-state index in [0.29, 0.717) is 29.7 Å². The van der Waals surface area contributed by atoms with Crippen LogP contribution in [0.15, 0.2) is 12.5 Å². The second kappa shape index (κ2) is 5.21. The Balaban J connectivity index is 1.87. The van der Waals surface area contributed by atoms with Gasteiger partial charge in [0.15, 0.2) is 6.23 Å². The fourth-order valence-corrected chi connectivity index (χ4v) is 3.46. The number of amides is 1. The Morgan fingerprint density at radius 3 is 2.96 bits per heavy atom. The number of carbonyl (C=O) groups is 1. The second-order valence-electron chi connectivity index (χ2n) is 6.41. The fraction of sp³-hybridized carbons (Fsp3) is 0.533. The van der Waals surface area contributed by atoms with E-state index in [1.54, 1.807) is 10.8 Å². The van der Waals surface area contributed by atoms with Crippen molar-refractivity contribution in [3.63, 3.8) is 0 Å². The first kappa shape index (κ1) is 15.5. The summed E-state index contributed by atoms with van der Waals surface area (Å²) in [4.78, 5) is 20.1. The van der Waals surface area contributed by atoms with Crippen molar-refractivity contribution in [1.82, 2.24) is 14.5 Å². The van der Waals surface area contributed by atoms with Crippen LogP contribution in [-0.4, -0.2) is 60.2 Å². The summed E-state index contributed by atoms with van der Waals surface area (Å²) in [6, 6.07) is 0. The van der Waals surface area contributed by atoms with Gasteiger partial charge in [0.05, 0.1) is 12.0 Å². The maximum Gasteiger partial charge on any atom is 0.225 e. The first-order valence-electron chi connectivity index (χ1n) is 7.74. The van der Waals surface area contributed by atoms with Gasteiger partial charge in [0, 0.05) is 12.6 Å². The molecule has 4 atom stereocenters. The summed E-state index contributed by atoms with van der Waals surface area (Å²) < 4.78 is 7.30. The van der Waals surface area contributed by atoms with Crippen LogP contribution in [0.3, 0.4) is 0 Å². The molecule has 1 amide bonds. The van der Waals surface area contributed by atoms with Gasteiger partial charge in [0.25, 0.3) is 0 Å². The molecular weight excluding hydrogens is 316 g/mol. The topological polar surface area (TPSA) is 130 Å². The lowest BCUT2D eigenvalue weighted by molar-refractivity contribution is -0.116. The Bertz CT molecular complexity index is 818. The van der Waals surface area contributed by atoms with Crippen LogP contribution in [0.25, 0.3) is 11.0 Å².